The molecule has 0 aromatic heterocycles. The van der Waals surface area contributed by atoms with Crippen LogP contribution in [0.3, 0.4) is 0 Å². The average Bonchev–Trinajstić information content (AvgIpc) is 3.06. The van der Waals surface area contributed by atoms with Crippen molar-refractivity contribution in [1.29, 1.82) is 0 Å². The molecule has 0 unspecified atom stereocenters. The van der Waals surface area contributed by atoms with Crippen LogP contribution in [0.4, 0.5) is 5.69 Å². The third-order valence-corrected chi connectivity index (χ3v) is 5.20. The lowest BCUT2D eigenvalue weighted by Crippen LogP contribution is -2.27. The summed E-state index contributed by atoms with van der Waals surface area (Å²) in [6.07, 6.45) is 0.180. The van der Waals surface area contributed by atoms with Gasteiger partial charge in [-0.2, -0.15) is 0 Å². The number of esters is 1. The smallest absolute Gasteiger partial charge is 0.316 e. The highest BCUT2D eigenvalue weighted by atomic mass is 16.5. The van der Waals surface area contributed by atoms with Gasteiger partial charge in [-0.05, 0) is 60.0 Å². The summed E-state index contributed by atoms with van der Waals surface area (Å²) in [7, 11) is 0. The van der Waals surface area contributed by atoms with Gasteiger partial charge in [0, 0.05) is 18.7 Å². The van der Waals surface area contributed by atoms with Crippen LogP contribution in [0.5, 0.6) is 5.75 Å². The second-order valence-corrected chi connectivity index (χ2v) is 7.10. The van der Waals surface area contributed by atoms with Gasteiger partial charge in [0.2, 0.25) is 5.91 Å². The highest BCUT2D eigenvalue weighted by molar-refractivity contribution is 6.00. The minimum absolute atomic E-state index is 0.0429. The van der Waals surface area contributed by atoms with Gasteiger partial charge >= 0.3 is 5.97 Å². The van der Waals surface area contributed by atoms with Gasteiger partial charge in [0.1, 0.15) is 5.75 Å². The van der Waals surface area contributed by atoms with Crippen molar-refractivity contribution >= 4 is 28.3 Å². The summed E-state index contributed by atoms with van der Waals surface area (Å²) in [5, 5.41) is 2.11. The Balaban J connectivity index is 1.49. The molecular formula is C23H21NO3. The van der Waals surface area contributed by atoms with Gasteiger partial charge in [-0.15, -0.1) is 0 Å². The van der Waals surface area contributed by atoms with Crippen LogP contribution in [0, 0.1) is 19.8 Å². The van der Waals surface area contributed by atoms with Crippen LogP contribution in [0.1, 0.15) is 17.5 Å². The molecule has 3 aromatic rings. The topological polar surface area (TPSA) is 46.6 Å². The summed E-state index contributed by atoms with van der Waals surface area (Å²) >= 11 is 0. The van der Waals surface area contributed by atoms with Gasteiger partial charge in [0.05, 0.1) is 5.92 Å². The molecule has 0 bridgehead atoms. The van der Waals surface area contributed by atoms with E-state index in [2.05, 4.69) is 0 Å². The highest BCUT2D eigenvalue weighted by Gasteiger charge is 2.36. The van der Waals surface area contributed by atoms with Crippen molar-refractivity contribution in [3.05, 3.63) is 71.8 Å². The molecule has 4 nitrogen and oxygen atoms in total. The van der Waals surface area contributed by atoms with Gasteiger partial charge in [0.25, 0.3) is 0 Å². The van der Waals surface area contributed by atoms with Crippen molar-refractivity contribution in [3.8, 4) is 5.75 Å². The number of rotatable bonds is 3. The number of hydrogen-bond donors (Lipinski definition) is 0. The minimum Gasteiger partial charge on any atom is -0.426 e. The van der Waals surface area contributed by atoms with Crippen molar-refractivity contribution in [3.63, 3.8) is 0 Å². The van der Waals surface area contributed by atoms with Crippen LogP contribution in [0.2, 0.25) is 0 Å². The molecule has 4 heteroatoms. The largest absolute Gasteiger partial charge is 0.426 e. The SMILES string of the molecule is Cc1ccc(N2C[C@@H](C(=O)Oc3ccc4ccccc4c3)CC2=O)cc1C. The number of anilines is 1. The van der Waals surface area contributed by atoms with E-state index in [-0.39, 0.29) is 18.3 Å². The van der Waals surface area contributed by atoms with Crippen molar-refractivity contribution in [1.82, 2.24) is 0 Å². The number of carbonyl (C=O) groups excluding carboxylic acids is 2. The maximum atomic E-state index is 12.6. The summed E-state index contributed by atoms with van der Waals surface area (Å²) in [5.41, 5.74) is 3.14. The van der Waals surface area contributed by atoms with Crippen molar-refractivity contribution in [2.75, 3.05) is 11.4 Å². The molecule has 136 valence electrons. The van der Waals surface area contributed by atoms with E-state index in [0.717, 1.165) is 22.0 Å². The number of nitrogens with zero attached hydrogens (tertiary/aromatic N) is 1. The molecule has 1 atom stereocenters. The third-order valence-electron chi connectivity index (χ3n) is 5.20. The van der Waals surface area contributed by atoms with Gasteiger partial charge < -0.3 is 9.64 Å². The molecule has 0 spiro atoms. The third kappa shape index (κ3) is 3.43. The first-order valence-electron chi connectivity index (χ1n) is 9.09. The lowest BCUT2D eigenvalue weighted by atomic mass is 10.1. The molecular weight excluding hydrogens is 338 g/mol. The average molecular weight is 359 g/mol. The molecule has 1 aliphatic heterocycles. The number of ether oxygens (including phenoxy) is 1. The number of amides is 1. The number of fused-ring (bicyclic) bond motifs is 1. The summed E-state index contributed by atoms with van der Waals surface area (Å²) < 4.78 is 5.56. The minimum atomic E-state index is -0.453. The van der Waals surface area contributed by atoms with E-state index >= 15 is 0 Å². The Morgan fingerprint density at radius 2 is 1.74 bits per heavy atom. The van der Waals surface area contributed by atoms with E-state index in [1.807, 2.05) is 68.4 Å². The maximum Gasteiger partial charge on any atom is 0.316 e. The maximum absolute atomic E-state index is 12.6. The standard InChI is InChI=1S/C23H21NO3/c1-15-7-9-20(11-16(15)2)24-14-19(13-22(24)25)23(26)27-21-10-8-17-5-3-4-6-18(17)12-21/h3-12,19H,13-14H2,1-2H3/t19-/m0/s1. The predicted molar refractivity (Wildman–Crippen MR) is 106 cm³/mol. The molecule has 3 aromatic carbocycles. The normalized spacial score (nSPS) is 16.7. The van der Waals surface area contributed by atoms with E-state index in [0.29, 0.717) is 12.3 Å². The fourth-order valence-corrected chi connectivity index (χ4v) is 3.44. The zero-order chi connectivity index (χ0) is 19.0. The van der Waals surface area contributed by atoms with Crippen molar-refractivity contribution < 1.29 is 14.3 Å². The zero-order valence-corrected chi connectivity index (χ0v) is 15.4. The molecule has 0 aliphatic carbocycles. The fraction of sp³-hybridized carbons (Fsp3) is 0.217. The summed E-state index contributed by atoms with van der Waals surface area (Å²) in [5.74, 6) is -0.343. The number of benzene rings is 3. The fourth-order valence-electron chi connectivity index (χ4n) is 3.44. The number of hydrogen-bond acceptors (Lipinski definition) is 3. The first-order chi connectivity index (χ1) is 13.0. The first-order valence-corrected chi connectivity index (χ1v) is 9.09. The summed E-state index contributed by atoms with van der Waals surface area (Å²) in [6, 6.07) is 19.4. The van der Waals surface area contributed by atoms with Gasteiger partial charge in [-0.3, -0.25) is 9.59 Å². The first kappa shape index (κ1) is 17.3. The predicted octanol–water partition coefficient (Wildman–Crippen LogP) is 4.42. The second kappa shape index (κ2) is 6.88. The van der Waals surface area contributed by atoms with Crippen LogP contribution >= 0.6 is 0 Å². The van der Waals surface area contributed by atoms with E-state index < -0.39 is 5.92 Å². The molecule has 4 rings (SSSR count). The van der Waals surface area contributed by atoms with Gasteiger partial charge in [-0.25, -0.2) is 0 Å². The van der Waals surface area contributed by atoms with Crippen molar-refractivity contribution in [2.24, 2.45) is 5.92 Å². The van der Waals surface area contributed by atoms with E-state index in [9.17, 15) is 9.59 Å². The lowest BCUT2D eigenvalue weighted by molar-refractivity contribution is -0.139. The van der Waals surface area contributed by atoms with Gasteiger partial charge in [-0.1, -0.05) is 36.4 Å². The molecule has 1 amide bonds. The quantitative estimate of drug-likeness (QED) is 0.514. The molecule has 1 fully saturated rings. The van der Waals surface area contributed by atoms with Crippen LogP contribution < -0.4 is 9.64 Å². The highest BCUT2D eigenvalue weighted by Crippen LogP contribution is 2.28. The molecule has 27 heavy (non-hydrogen) atoms. The molecule has 0 N–H and O–H groups in total. The molecule has 1 saturated heterocycles. The molecule has 1 aliphatic rings. The van der Waals surface area contributed by atoms with Crippen LogP contribution in [0.25, 0.3) is 10.8 Å². The Labute approximate surface area is 158 Å². The van der Waals surface area contributed by atoms with E-state index in [4.69, 9.17) is 4.74 Å². The molecule has 0 saturated carbocycles. The number of carbonyl (C=O) groups is 2. The summed E-state index contributed by atoms with van der Waals surface area (Å²) in [6.45, 7) is 4.41. The van der Waals surface area contributed by atoms with Crippen molar-refractivity contribution in [2.45, 2.75) is 20.3 Å². The van der Waals surface area contributed by atoms with Gasteiger partial charge in [0.15, 0.2) is 0 Å². The van der Waals surface area contributed by atoms with Crippen LogP contribution in [-0.4, -0.2) is 18.4 Å². The monoisotopic (exact) mass is 359 g/mol. The molecule has 0 radical (unpaired) electrons. The number of aryl methyl sites for hydroxylation is 2. The second-order valence-electron chi connectivity index (χ2n) is 7.10. The van der Waals surface area contributed by atoms with E-state index in [1.54, 1.807) is 11.0 Å². The van der Waals surface area contributed by atoms with Crippen LogP contribution in [-0.2, 0) is 9.59 Å². The summed E-state index contributed by atoms with van der Waals surface area (Å²) in [4.78, 5) is 26.7. The Bertz CT molecular complexity index is 1040. The lowest BCUT2D eigenvalue weighted by Gasteiger charge is -2.17. The Morgan fingerprint density at radius 1 is 0.963 bits per heavy atom. The van der Waals surface area contributed by atoms with Crippen LogP contribution in [0.15, 0.2) is 60.7 Å². The molecule has 1 heterocycles. The zero-order valence-electron chi connectivity index (χ0n) is 15.4. The van der Waals surface area contributed by atoms with E-state index in [1.165, 1.54) is 5.56 Å². The Kier molecular flexibility index (Phi) is 4.40. The Hall–Kier alpha value is -3.14. The Morgan fingerprint density at radius 3 is 2.52 bits per heavy atom.